The second kappa shape index (κ2) is 5.86. The average molecular weight is 270 g/mol. The molecule has 1 unspecified atom stereocenters. The van der Waals surface area contributed by atoms with Gasteiger partial charge in [-0.05, 0) is 24.6 Å². The van der Waals surface area contributed by atoms with Gasteiger partial charge in [-0.3, -0.25) is 4.79 Å². The first kappa shape index (κ1) is 14.5. The molecule has 6 heteroatoms. The number of sulfone groups is 1. The third-order valence-corrected chi connectivity index (χ3v) is 3.52. The second-order valence-corrected chi connectivity index (χ2v) is 6.57. The molecule has 0 spiro atoms. The molecule has 18 heavy (non-hydrogen) atoms. The zero-order valence-corrected chi connectivity index (χ0v) is 11.3. The molecule has 0 bridgehead atoms. The van der Waals surface area contributed by atoms with Crippen molar-refractivity contribution in [2.75, 3.05) is 24.3 Å². The van der Waals surface area contributed by atoms with Crippen LogP contribution in [0.15, 0.2) is 24.3 Å². The standard InChI is InChI=1S/C12H18N2O3S/c1-9(10-4-3-5-11(13)8-10)12(15)14-6-7-18(2,16)17/h3-5,8-9H,6-7,13H2,1-2H3,(H,14,15). The van der Waals surface area contributed by atoms with Crippen LogP contribution in [-0.2, 0) is 14.6 Å². The third kappa shape index (κ3) is 4.75. The third-order valence-electron chi connectivity index (χ3n) is 2.58. The van der Waals surface area contributed by atoms with E-state index in [2.05, 4.69) is 5.32 Å². The van der Waals surface area contributed by atoms with Crippen molar-refractivity contribution < 1.29 is 13.2 Å². The van der Waals surface area contributed by atoms with Crippen LogP contribution >= 0.6 is 0 Å². The highest BCUT2D eigenvalue weighted by molar-refractivity contribution is 7.90. The maximum absolute atomic E-state index is 11.8. The van der Waals surface area contributed by atoms with Crippen molar-refractivity contribution in [3.63, 3.8) is 0 Å². The summed E-state index contributed by atoms with van der Waals surface area (Å²) in [5, 5.41) is 2.60. The van der Waals surface area contributed by atoms with E-state index >= 15 is 0 Å². The normalized spacial score (nSPS) is 13.0. The molecule has 1 aromatic rings. The Morgan fingerprint density at radius 1 is 1.44 bits per heavy atom. The molecule has 3 N–H and O–H groups in total. The fourth-order valence-electron chi connectivity index (χ4n) is 1.49. The number of anilines is 1. The van der Waals surface area contributed by atoms with Crippen molar-refractivity contribution in [2.24, 2.45) is 0 Å². The van der Waals surface area contributed by atoms with E-state index in [4.69, 9.17) is 5.73 Å². The maximum atomic E-state index is 11.8. The van der Waals surface area contributed by atoms with Gasteiger partial charge in [0.15, 0.2) is 0 Å². The summed E-state index contributed by atoms with van der Waals surface area (Å²) in [4.78, 5) is 11.8. The number of rotatable bonds is 5. The Bertz CT molecular complexity index is 526. The minimum atomic E-state index is -3.05. The molecule has 0 aliphatic rings. The minimum absolute atomic E-state index is 0.0532. The van der Waals surface area contributed by atoms with E-state index in [1.54, 1.807) is 25.1 Å². The van der Waals surface area contributed by atoms with Crippen LogP contribution in [-0.4, -0.2) is 32.9 Å². The van der Waals surface area contributed by atoms with Crippen molar-refractivity contribution in [1.82, 2.24) is 5.32 Å². The lowest BCUT2D eigenvalue weighted by Crippen LogP contribution is -2.32. The largest absolute Gasteiger partial charge is 0.399 e. The summed E-state index contributed by atoms with van der Waals surface area (Å²) in [6.45, 7) is 1.88. The average Bonchev–Trinajstić information content (AvgIpc) is 2.26. The summed E-state index contributed by atoms with van der Waals surface area (Å²) >= 11 is 0. The molecule has 1 aromatic carbocycles. The van der Waals surface area contributed by atoms with Gasteiger partial charge >= 0.3 is 0 Å². The second-order valence-electron chi connectivity index (χ2n) is 4.31. The lowest BCUT2D eigenvalue weighted by atomic mass is 10.00. The number of hydrogen-bond donors (Lipinski definition) is 2. The first-order valence-corrected chi connectivity index (χ1v) is 7.66. The highest BCUT2D eigenvalue weighted by Gasteiger charge is 2.15. The van der Waals surface area contributed by atoms with Gasteiger partial charge < -0.3 is 11.1 Å². The van der Waals surface area contributed by atoms with Gasteiger partial charge in [0.05, 0.1) is 11.7 Å². The van der Waals surface area contributed by atoms with Gasteiger partial charge in [0, 0.05) is 18.5 Å². The van der Waals surface area contributed by atoms with Gasteiger partial charge in [-0.15, -0.1) is 0 Å². The van der Waals surface area contributed by atoms with E-state index in [0.717, 1.165) is 11.8 Å². The molecule has 100 valence electrons. The minimum Gasteiger partial charge on any atom is -0.399 e. The smallest absolute Gasteiger partial charge is 0.227 e. The van der Waals surface area contributed by atoms with Crippen LogP contribution < -0.4 is 11.1 Å². The van der Waals surface area contributed by atoms with Crippen LogP contribution in [0, 0.1) is 0 Å². The zero-order valence-electron chi connectivity index (χ0n) is 10.5. The summed E-state index contributed by atoms with van der Waals surface area (Å²) in [6, 6.07) is 7.08. The van der Waals surface area contributed by atoms with Crippen LogP contribution in [0.3, 0.4) is 0 Å². The SMILES string of the molecule is CC(C(=O)NCCS(C)(=O)=O)c1cccc(N)c1. The number of benzene rings is 1. The Kier molecular flexibility index (Phi) is 4.72. The van der Waals surface area contributed by atoms with Gasteiger partial charge in [-0.1, -0.05) is 12.1 Å². The van der Waals surface area contributed by atoms with Crippen LogP contribution in [0.5, 0.6) is 0 Å². The molecule has 0 saturated carbocycles. The lowest BCUT2D eigenvalue weighted by Gasteiger charge is -2.12. The van der Waals surface area contributed by atoms with Gasteiger partial charge in [-0.25, -0.2) is 8.42 Å². The number of amides is 1. The van der Waals surface area contributed by atoms with Gasteiger partial charge in [0.1, 0.15) is 9.84 Å². The van der Waals surface area contributed by atoms with Gasteiger partial charge in [0.25, 0.3) is 0 Å². The molecule has 5 nitrogen and oxygen atoms in total. The fourth-order valence-corrected chi connectivity index (χ4v) is 1.97. The summed E-state index contributed by atoms with van der Waals surface area (Å²) in [5.74, 6) is -0.611. The molecule has 0 aliphatic heterocycles. The van der Waals surface area contributed by atoms with Gasteiger partial charge in [-0.2, -0.15) is 0 Å². The molecular formula is C12H18N2O3S. The van der Waals surface area contributed by atoms with Crippen LogP contribution in [0.1, 0.15) is 18.4 Å². The molecule has 1 atom stereocenters. The summed E-state index contributed by atoms with van der Waals surface area (Å²) in [6.07, 6.45) is 1.14. The first-order chi connectivity index (χ1) is 8.29. The number of hydrogen-bond acceptors (Lipinski definition) is 4. The number of nitrogens with two attached hydrogens (primary N) is 1. The predicted molar refractivity (Wildman–Crippen MR) is 72.0 cm³/mol. The van der Waals surface area contributed by atoms with E-state index in [0.29, 0.717) is 5.69 Å². The van der Waals surface area contributed by atoms with Gasteiger partial charge in [0.2, 0.25) is 5.91 Å². The number of carbonyl (C=O) groups excluding carboxylic acids is 1. The van der Waals surface area contributed by atoms with Crippen LogP contribution in [0.2, 0.25) is 0 Å². The van der Waals surface area contributed by atoms with Crippen LogP contribution in [0.4, 0.5) is 5.69 Å². The molecule has 0 aliphatic carbocycles. The Hall–Kier alpha value is -1.56. The Morgan fingerprint density at radius 3 is 2.67 bits per heavy atom. The molecule has 0 fully saturated rings. The maximum Gasteiger partial charge on any atom is 0.227 e. The molecule has 0 heterocycles. The van der Waals surface area contributed by atoms with Crippen molar-refractivity contribution >= 4 is 21.4 Å². The molecular weight excluding hydrogens is 252 g/mol. The van der Waals surface area contributed by atoms with E-state index < -0.39 is 9.84 Å². The molecule has 0 aromatic heterocycles. The van der Waals surface area contributed by atoms with Crippen molar-refractivity contribution in [3.05, 3.63) is 29.8 Å². The first-order valence-electron chi connectivity index (χ1n) is 5.60. The van der Waals surface area contributed by atoms with E-state index in [9.17, 15) is 13.2 Å². The Balaban J connectivity index is 2.57. The molecule has 1 amide bonds. The number of nitrogens with one attached hydrogen (secondary N) is 1. The molecule has 0 radical (unpaired) electrons. The van der Waals surface area contributed by atoms with E-state index in [1.807, 2.05) is 6.07 Å². The van der Waals surface area contributed by atoms with Crippen molar-refractivity contribution in [2.45, 2.75) is 12.8 Å². The number of nitrogen functional groups attached to an aromatic ring is 1. The van der Waals surface area contributed by atoms with Crippen molar-refractivity contribution in [1.29, 1.82) is 0 Å². The topological polar surface area (TPSA) is 89.3 Å². The fraction of sp³-hybridized carbons (Fsp3) is 0.417. The molecule has 0 saturated heterocycles. The number of carbonyl (C=O) groups is 1. The van der Waals surface area contributed by atoms with E-state index in [-0.39, 0.29) is 24.1 Å². The monoisotopic (exact) mass is 270 g/mol. The summed E-state index contributed by atoms with van der Waals surface area (Å²) < 4.78 is 21.9. The predicted octanol–water partition coefficient (Wildman–Crippen LogP) is 0.533. The Morgan fingerprint density at radius 2 is 2.11 bits per heavy atom. The Labute approximate surface area is 107 Å². The highest BCUT2D eigenvalue weighted by atomic mass is 32.2. The quantitative estimate of drug-likeness (QED) is 0.764. The molecule has 1 rings (SSSR count). The van der Waals surface area contributed by atoms with Crippen LogP contribution in [0.25, 0.3) is 0 Å². The summed E-state index contributed by atoms with van der Waals surface area (Å²) in [5.41, 5.74) is 7.05. The van der Waals surface area contributed by atoms with E-state index in [1.165, 1.54) is 0 Å². The lowest BCUT2D eigenvalue weighted by molar-refractivity contribution is -0.122. The van der Waals surface area contributed by atoms with Crippen molar-refractivity contribution in [3.8, 4) is 0 Å². The zero-order chi connectivity index (χ0) is 13.8. The summed E-state index contributed by atoms with van der Waals surface area (Å²) in [7, 11) is -3.05. The highest BCUT2D eigenvalue weighted by Crippen LogP contribution is 2.17.